The highest BCUT2D eigenvalue weighted by atomic mass is 16.5. The number of rotatable bonds is 0. The molecule has 2 aliphatic heterocycles. The van der Waals surface area contributed by atoms with E-state index in [9.17, 15) is 0 Å². The number of nitrogen functional groups attached to an aromatic ring is 1. The molecule has 0 bridgehead atoms. The molecule has 3 N–H and O–H groups in total. The summed E-state index contributed by atoms with van der Waals surface area (Å²) in [4.78, 5) is 14.4. The van der Waals surface area contributed by atoms with Crippen molar-refractivity contribution in [2.75, 3.05) is 32.2 Å². The minimum atomic E-state index is 0.250. The number of aromatic amines is 1. The highest BCUT2D eigenvalue weighted by Gasteiger charge is 1.96. The summed E-state index contributed by atoms with van der Waals surface area (Å²) >= 11 is 0. The largest absolute Gasteiger partial charge is 0.381 e. The molecule has 0 aliphatic carbocycles. The Balaban J connectivity index is 0.000000124. The average Bonchev–Trinajstić information content (AvgIpc) is 3.23. The number of fused-ring (bicyclic) bond motifs is 1. The van der Waals surface area contributed by atoms with Crippen molar-refractivity contribution in [1.82, 2.24) is 19.9 Å². The Kier molecular flexibility index (Phi) is 6.19. The van der Waals surface area contributed by atoms with Gasteiger partial charge in [0.15, 0.2) is 5.65 Å². The molecule has 0 amide bonds. The third kappa shape index (κ3) is 5.10. The van der Waals surface area contributed by atoms with Crippen LogP contribution in [0.4, 0.5) is 5.95 Å². The van der Waals surface area contributed by atoms with Crippen molar-refractivity contribution in [3.8, 4) is 0 Å². The zero-order chi connectivity index (χ0) is 14.0. The van der Waals surface area contributed by atoms with Crippen LogP contribution in [0.5, 0.6) is 0 Å². The molecular weight excluding hydrogens is 258 g/mol. The third-order valence-electron chi connectivity index (χ3n) is 2.85. The first-order valence-electron chi connectivity index (χ1n) is 6.93. The van der Waals surface area contributed by atoms with Crippen LogP contribution in [0.1, 0.15) is 25.7 Å². The van der Waals surface area contributed by atoms with Crippen LogP contribution in [0.25, 0.3) is 11.2 Å². The highest BCUT2D eigenvalue weighted by molar-refractivity contribution is 5.69. The van der Waals surface area contributed by atoms with Crippen molar-refractivity contribution in [2.24, 2.45) is 0 Å². The van der Waals surface area contributed by atoms with Gasteiger partial charge in [0.1, 0.15) is 5.52 Å². The van der Waals surface area contributed by atoms with Crippen molar-refractivity contribution < 1.29 is 9.47 Å². The molecule has 4 rings (SSSR count). The van der Waals surface area contributed by atoms with Crippen LogP contribution >= 0.6 is 0 Å². The second kappa shape index (κ2) is 8.44. The van der Waals surface area contributed by atoms with Gasteiger partial charge in [-0.25, -0.2) is 9.97 Å². The minimum absolute atomic E-state index is 0.250. The van der Waals surface area contributed by atoms with Crippen LogP contribution in [0.2, 0.25) is 0 Å². The van der Waals surface area contributed by atoms with Gasteiger partial charge in [-0.3, -0.25) is 0 Å². The number of aromatic nitrogens is 4. The number of nitrogens with zero attached hydrogens (tertiary/aromatic N) is 3. The van der Waals surface area contributed by atoms with E-state index in [2.05, 4.69) is 19.9 Å². The Morgan fingerprint density at radius 1 is 0.950 bits per heavy atom. The highest BCUT2D eigenvalue weighted by Crippen LogP contribution is 2.03. The first kappa shape index (κ1) is 14.7. The van der Waals surface area contributed by atoms with Gasteiger partial charge in [0, 0.05) is 26.4 Å². The predicted molar refractivity (Wildman–Crippen MR) is 76.2 cm³/mol. The van der Waals surface area contributed by atoms with Crippen LogP contribution in [0.15, 0.2) is 12.5 Å². The molecule has 7 heteroatoms. The van der Waals surface area contributed by atoms with Crippen molar-refractivity contribution >= 4 is 17.1 Å². The van der Waals surface area contributed by atoms with Crippen LogP contribution in [-0.2, 0) is 9.47 Å². The standard InChI is InChI=1S/C5H5N5.2C4H8O/c6-5-7-1-3-4(10-5)9-2-8-3;2*1-2-4-5-3-1/h1-2H,(H3,6,7,8,9,10);2*1-4H2. The summed E-state index contributed by atoms with van der Waals surface area (Å²) in [7, 11) is 0. The van der Waals surface area contributed by atoms with Gasteiger partial charge < -0.3 is 20.2 Å². The molecule has 2 aromatic rings. The van der Waals surface area contributed by atoms with Crippen LogP contribution in [0, 0.1) is 0 Å². The van der Waals surface area contributed by atoms with E-state index in [1.54, 1.807) is 12.5 Å². The number of hydrogen-bond donors (Lipinski definition) is 2. The molecular formula is C13H21N5O2. The molecule has 0 spiro atoms. The molecule has 0 saturated carbocycles. The second-order valence-corrected chi connectivity index (χ2v) is 4.51. The second-order valence-electron chi connectivity index (χ2n) is 4.51. The summed E-state index contributed by atoms with van der Waals surface area (Å²) < 4.78 is 9.89. The Morgan fingerprint density at radius 3 is 2.05 bits per heavy atom. The SMILES string of the molecule is C1CCOC1.C1CCOC1.Nc1ncc2[nH]cnc2n1. The summed E-state index contributed by atoms with van der Waals surface area (Å²) in [5.41, 5.74) is 6.71. The van der Waals surface area contributed by atoms with Gasteiger partial charge in [-0.1, -0.05) is 0 Å². The molecule has 0 atom stereocenters. The summed E-state index contributed by atoms with van der Waals surface area (Å²) in [5.74, 6) is 0.250. The first-order chi connectivity index (χ1) is 9.86. The zero-order valence-corrected chi connectivity index (χ0v) is 11.5. The molecule has 2 fully saturated rings. The van der Waals surface area contributed by atoms with E-state index < -0.39 is 0 Å². The van der Waals surface area contributed by atoms with E-state index >= 15 is 0 Å². The molecule has 0 aromatic carbocycles. The monoisotopic (exact) mass is 279 g/mol. The summed E-state index contributed by atoms with van der Waals surface area (Å²) in [6.45, 7) is 4.00. The lowest BCUT2D eigenvalue weighted by atomic mass is 10.4. The molecule has 2 aliphatic rings. The summed E-state index contributed by atoms with van der Waals surface area (Å²) in [6.07, 6.45) is 8.27. The average molecular weight is 279 g/mol. The molecule has 2 aromatic heterocycles. The molecule has 110 valence electrons. The lowest BCUT2D eigenvalue weighted by molar-refractivity contribution is 0.198. The Morgan fingerprint density at radius 2 is 1.55 bits per heavy atom. The van der Waals surface area contributed by atoms with Gasteiger partial charge >= 0.3 is 0 Å². The molecule has 4 heterocycles. The van der Waals surface area contributed by atoms with Gasteiger partial charge in [0.25, 0.3) is 0 Å². The maximum atomic E-state index is 5.31. The number of nitrogens with one attached hydrogen (secondary N) is 1. The summed E-state index contributed by atoms with van der Waals surface area (Å²) in [6, 6.07) is 0. The summed E-state index contributed by atoms with van der Waals surface area (Å²) in [5, 5.41) is 0. The van der Waals surface area contributed by atoms with Gasteiger partial charge in [-0.2, -0.15) is 4.98 Å². The molecule has 7 nitrogen and oxygen atoms in total. The molecule has 0 unspecified atom stereocenters. The topological polar surface area (TPSA) is 98.9 Å². The number of ether oxygens (including phenoxy) is 2. The lowest BCUT2D eigenvalue weighted by Crippen LogP contribution is -1.93. The number of imidazole rings is 1. The lowest BCUT2D eigenvalue weighted by Gasteiger charge is -1.87. The van der Waals surface area contributed by atoms with Gasteiger partial charge in [-0.05, 0) is 25.7 Å². The smallest absolute Gasteiger partial charge is 0.222 e. The number of anilines is 1. The zero-order valence-electron chi connectivity index (χ0n) is 11.5. The normalized spacial score (nSPS) is 17.2. The van der Waals surface area contributed by atoms with Crippen molar-refractivity contribution in [3.05, 3.63) is 12.5 Å². The first-order valence-corrected chi connectivity index (χ1v) is 6.93. The fourth-order valence-corrected chi connectivity index (χ4v) is 1.77. The van der Waals surface area contributed by atoms with E-state index in [1.807, 2.05) is 0 Å². The van der Waals surface area contributed by atoms with Crippen LogP contribution < -0.4 is 5.73 Å². The van der Waals surface area contributed by atoms with Crippen molar-refractivity contribution in [1.29, 1.82) is 0 Å². The maximum absolute atomic E-state index is 5.31. The van der Waals surface area contributed by atoms with Crippen LogP contribution in [-0.4, -0.2) is 46.4 Å². The minimum Gasteiger partial charge on any atom is -0.381 e. The van der Waals surface area contributed by atoms with E-state index in [4.69, 9.17) is 15.2 Å². The fourth-order valence-electron chi connectivity index (χ4n) is 1.77. The van der Waals surface area contributed by atoms with Crippen LogP contribution in [0.3, 0.4) is 0 Å². The van der Waals surface area contributed by atoms with E-state index in [0.29, 0.717) is 5.65 Å². The molecule has 2 saturated heterocycles. The Bertz CT molecular complexity index is 469. The number of hydrogen-bond acceptors (Lipinski definition) is 6. The predicted octanol–water partition coefficient (Wildman–Crippen LogP) is 1.53. The van der Waals surface area contributed by atoms with Gasteiger partial charge in [0.05, 0.1) is 12.5 Å². The quantitative estimate of drug-likeness (QED) is 0.758. The van der Waals surface area contributed by atoms with E-state index in [-0.39, 0.29) is 5.95 Å². The van der Waals surface area contributed by atoms with Crippen molar-refractivity contribution in [2.45, 2.75) is 25.7 Å². The van der Waals surface area contributed by atoms with E-state index in [1.165, 1.54) is 25.7 Å². The van der Waals surface area contributed by atoms with Gasteiger partial charge in [-0.15, -0.1) is 0 Å². The van der Waals surface area contributed by atoms with E-state index in [0.717, 1.165) is 31.9 Å². The molecule has 20 heavy (non-hydrogen) atoms. The Hall–Kier alpha value is -1.73. The number of nitrogens with two attached hydrogens (primary N) is 1. The van der Waals surface area contributed by atoms with Crippen molar-refractivity contribution in [3.63, 3.8) is 0 Å². The van der Waals surface area contributed by atoms with Gasteiger partial charge in [0.2, 0.25) is 5.95 Å². The maximum Gasteiger partial charge on any atom is 0.222 e. The Labute approximate surface area is 117 Å². The fraction of sp³-hybridized carbons (Fsp3) is 0.615. The third-order valence-corrected chi connectivity index (χ3v) is 2.85. The molecule has 0 radical (unpaired) electrons. The number of H-pyrrole nitrogens is 1.